The summed E-state index contributed by atoms with van der Waals surface area (Å²) in [5.74, 6) is -4.12. The number of likely N-dealkylation sites (N-methyl/N-ethyl adjacent to an activating group) is 1. The predicted molar refractivity (Wildman–Crippen MR) is 127 cm³/mol. The van der Waals surface area contributed by atoms with Crippen LogP contribution in [0.1, 0.15) is 32.4 Å². The largest absolute Gasteiger partial charge is 0.480 e. The number of nitrogens with zero attached hydrogens (tertiary/aromatic N) is 3. The fourth-order valence-electron chi connectivity index (χ4n) is 4.70. The number of nitrogens with one attached hydrogen (secondary N) is 2. The summed E-state index contributed by atoms with van der Waals surface area (Å²) in [6.07, 6.45) is 0. The summed E-state index contributed by atoms with van der Waals surface area (Å²) in [5, 5.41) is 14.2. The van der Waals surface area contributed by atoms with Crippen molar-refractivity contribution >= 4 is 47.4 Å². The minimum Gasteiger partial charge on any atom is -0.480 e. The number of piperazine rings is 1. The molecular formula is C23H27N5O7S. The molecule has 2 unspecified atom stereocenters. The molecule has 3 fully saturated rings. The van der Waals surface area contributed by atoms with Gasteiger partial charge in [0, 0.05) is 24.4 Å². The van der Waals surface area contributed by atoms with E-state index >= 15 is 0 Å². The van der Waals surface area contributed by atoms with Crippen molar-refractivity contribution in [2.45, 2.75) is 49.0 Å². The summed E-state index contributed by atoms with van der Waals surface area (Å²) in [6.45, 7) is 5.67. The van der Waals surface area contributed by atoms with Crippen molar-refractivity contribution in [2.75, 3.05) is 19.6 Å². The smallest absolute Gasteiger partial charge is 0.327 e. The summed E-state index contributed by atoms with van der Waals surface area (Å²) in [7, 11) is 0. The van der Waals surface area contributed by atoms with Gasteiger partial charge in [-0.05, 0) is 26.3 Å². The lowest BCUT2D eigenvalue weighted by Gasteiger charge is -2.44. The quantitative estimate of drug-likeness (QED) is 0.345. The summed E-state index contributed by atoms with van der Waals surface area (Å²) in [5.41, 5.74) is 0.403. The average Bonchev–Trinajstić information content (AvgIpc) is 3.10. The number of hydrogen-bond acceptors (Lipinski definition) is 7. The molecule has 4 atom stereocenters. The molecule has 3 aliphatic rings. The lowest BCUT2D eigenvalue weighted by atomic mass is 9.95. The van der Waals surface area contributed by atoms with Gasteiger partial charge in [-0.2, -0.15) is 0 Å². The number of hydrogen-bond donors (Lipinski definition) is 3. The van der Waals surface area contributed by atoms with Crippen LogP contribution in [-0.4, -0.2) is 97.3 Å². The molecule has 13 heteroatoms. The second kappa shape index (κ2) is 9.45. The van der Waals surface area contributed by atoms with E-state index in [0.29, 0.717) is 12.1 Å². The van der Waals surface area contributed by atoms with Gasteiger partial charge in [0.2, 0.25) is 11.8 Å². The van der Waals surface area contributed by atoms with Gasteiger partial charge in [0.25, 0.3) is 0 Å². The van der Waals surface area contributed by atoms with Crippen LogP contribution in [0.4, 0.5) is 4.79 Å². The van der Waals surface area contributed by atoms with Crippen LogP contribution in [-0.2, 0) is 24.0 Å². The van der Waals surface area contributed by atoms with E-state index in [1.165, 1.54) is 21.6 Å². The summed E-state index contributed by atoms with van der Waals surface area (Å²) >= 11 is 1.28. The molecule has 3 N–H and O–H groups in total. The van der Waals surface area contributed by atoms with Gasteiger partial charge in [-0.15, -0.1) is 11.8 Å². The SMILES string of the molecule is CCN1CCN(C(=O)NC(C(=O)N[C@@H]2C(=O)N3C2SC(C)(C)[C@@H]3C(=O)O)c2ccccc2)C(=O)C1=O. The fourth-order valence-corrected chi connectivity index (χ4v) is 6.32. The Kier molecular flexibility index (Phi) is 6.69. The highest BCUT2D eigenvalue weighted by Crippen LogP contribution is 2.50. The number of carbonyl (C=O) groups is 6. The van der Waals surface area contributed by atoms with Crippen LogP contribution in [0.25, 0.3) is 0 Å². The molecule has 3 aliphatic heterocycles. The topological polar surface area (TPSA) is 156 Å². The number of carbonyl (C=O) groups excluding carboxylic acids is 5. The zero-order valence-electron chi connectivity index (χ0n) is 20.0. The van der Waals surface area contributed by atoms with Crippen LogP contribution in [0, 0.1) is 0 Å². The Balaban J connectivity index is 1.51. The van der Waals surface area contributed by atoms with Crippen LogP contribution in [0.3, 0.4) is 0 Å². The Hall–Kier alpha value is -3.61. The molecule has 0 spiro atoms. The number of carboxylic acids is 1. The van der Waals surface area contributed by atoms with Gasteiger partial charge in [0.1, 0.15) is 23.5 Å². The van der Waals surface area contributed by atoms with Gasteiger partial charge in [0.15, 0.2) is 0 Å². The molecule has 6 amide bonds. The van der Waals surface area contributed by atoms with E-state index in [-0.39, 0.29) is 13.1 Å². The minimum atomic E-state index is -1.26. The Morgan fingerprint density at radius 2 is 1.78 bits per heavy atom. The molecular weight excluding hydrogens is 490 g/mol. The first-order chi connectivity index (χ1) is 17.0. The monoisotopic (exact) mass is 517 g/mol. The second-order valence-corrected chi connectivity index (χ2v) is 11.0. The number of thioether (sulfide) groups is 1. The highest BCUT2D eigenvalue weighted by atomic mass is 32.2. The molecule has 12 nitrogen and oxygen atoms in total. The molecule has 0 bridgehead atoms. The molecule has 3 saturated heterocycles. The molecule has 1 aromatic carbocycles. The normalized spacial score (nSPS) is 25.7. The van der Waals surface area contributed by atoms with Gasteiger partial charge < -0.3 is 25.5 Å². The van der Waals surface area contributed by atoms with Crippen molar-refractivity contribution in [2.24, 2.45) is 0 Å². The molecule has 1 aromatic rings. The first-order valence-corrected chi connectivity index (χ1v) is 12.3. The first-order valence-electron chi connectivity index (χ1n) is 11.5. The Morgan fingerprint density at radius 3 is 2.39 bits per heavy atom. The van der Waals surface area contributed by atoms with E-state index in [2.05, 4.69) is 10.6 Å². The lowest BCUT2D eigenvalue weighted by molar-refractivity contribution is -0.161. The fraction of sp³-hybridized carbons (Fsp3) is 0.478. The van der Waals surface area contributed by atoms with Crippen LogP contribution >= 0.6 is 11.8 Å². The Morgan fingerprint density at radius 1 is 1.11 bits per heavy atom. The van der Waals surface area contributed by atoms with Gasteiger partial charge >= 0.3 is 23.8 Å². The third-order valence-electron chi connectivity index (χ3n) is 6.57. The highest BCUT2D eigenvalue weighted by Gasteiger charge is 2.64. The predicted octanol–water partition coefficient (Wildman–Crippen LogP) is -0.240. The standard InChI is InChI=1S/C23H27N5O7S/c1-4-26-10-11-27(19(32)18(26)31)22(35)25-13(12-8-6-5-7-9-12)16(29)24-14-17(30)28-15(21(33)34)23(2,3)36-20(14)28/h5-9,13-15,20H,4,10-11H2,1-3H3,(H,24,29)(H,25,35)(H,33,34)/t13?,14-,15+,20?/m1/s1. The number of benzene rings is 1. The number of rotatable bonds is 6. The van der Waals surface area contributed by atoms with Crippen LogP contribution in [0.15, 0.2) is 30.3 Å². The number of imide groups is 1. The molecule has 3 heterocycles. The summed E-state index contributed by atoms with van der Waals surface area (Å²) < 4.78 is -0.758. The number of fused-ring (bicyclic) bond motifs is 1. The zero-order chi connectivity index (χ0) is 26.4. The first kappa shape index (κ1) is 25.5. The molecule has 0 saturated carbocycles. The van der Waals surface area contributed by atoms with E-state index in [0.717, 1.165) is 4.90 Å². The van der Waals surface area contributed by atoms with Gasteiger partial charge in [-0.25, -0.2) is 9.59 Å². The van der Waals surface area contributed by atoms with Crippen LogP contribution in [0.5, 0.6) is 0 Å². The third-order valence-corrected chi connectivity index (χ3v) is 8.14. The van der Waals surface area contributed by atoms with Crippen molar-refractivity contribution in [3.8, 4) is 0 Å². The number of β-lactam (4-membered cyclic amide) rings is 1. The minimum absolute atomic E-state index is 0.0200. The maximum atomic E-state index is 13.3. The summed E-state index contributed by atoms with van der Waals surface area (Å²) in [6, 6.07) is 4.11. The van der Waals surface area contributed by atoms with Crippen molar-refractivity contribution in [3.63, 3.8) is 0 Å². The lowest BCUT2D eigenvalue weighted by Crippen LogP contribution is -2.71. The van der Waals surface area contributed by atoms with E-state index in [1.54, 1.807) is 51.1 Å². The second-order valence-electron chi connectivity index (χ2n) is 9.22. The van der Waals surface area contributed by atoms with Crippen molar-refractivity contribution in [1.82, 2.24) is 25.3 Å². The number of amides is 6. The van der Waals surface area contributed by atoms with Crippen molar-refractivity contribution in [3.05, 3.63) is 35.9 Å². The van der Waals surface area contributed by atoms with Gasteiger partial charge in [0.05, 0.1) is 0 Å². The van der Waals surface area contributed by atoms with E-state index < -0.39 is 63.9 Å². The van der Waals surface area contributed by atoms with E-state index in [1.807, 2.05) is 0 Å². The van der Waals surface area contributed by atoms with Crippen molar-refractivity contribution in [1.29, 1.82) is 0 Å². The molecule has 0 aliphatic carbocycles. The van der Waals surface area contributed by atoms with E-state index in [9.17, 15) is 33.9 Å². The number of aliphatic carboxylic acids is 1. The molecule has 192 valence electrons. The molecule has 36 heavy (non-hydrogen) atoms. The number of carboxylic acid groups (broad SMARTS) is 1. The molecule has 0 radical (unpaired) electrons. The van der Waals surface area contributed by atoms with Gasteiger partial charge in [-0.3, -0.25) is 24.1 Å². The average molecular weight is 518 g/mol. The van der Waals surface area contributed by atoms with Crippen molar-refractivity contribution < 1.29 is 33.9 Å². The van der Waals surface area contributed by atoms with Gasteiger partial charge in [-0.1, -0.05) is 30.3 Å². The third kappa shape index (κ3) is 4.27. The maximum absolute atomic E-state index is 13.3. The number of urea groups is 1. The zero-order valence-corrected chi connectivity index (χ0v) is 20.8. The molecule has 0 aromatic heterocycles. The molecule has 4 rings (SSSR count). The Bertz CT molecular complexity index is 1130. The van der Waals surface area contributed by atoms with E-state index in [4.69, 9.17) is 0 Å². The maximum Gasteiger partial charge on any atom is 0.327 e. The summed E-state index contributed by atoms with van der Waals surface area (Å²) in [4.78, 5) is 78.8. The highest BCUT2D eigenvalue weighted by molar-refractivity contribution is 8.01. The van der Waals surface area contributed by atoms with Crippen LogP contribution < -0.4 is 10.6 Å². The Labute approximate surface area is 211 Å². The van der Waals surface area contributed by atoms with Crippen LogP contribution in [0.2, 0.25) is 0 Å².